The van der Waals surface area contributed by atoms with Crippen molar-refractivity contribution in [3.05, 3.63) is 54.4 Å². The maximum Gasteiger partial charge on any atom is 0.358 e. The SMILES string of the molecule is COC(=O)c1nc(N)sc1-c1cccnc1Sc1ccccc1. The zero-order valence-corrected chi connectivity index (χ0v) is 13.9. The molecule has 2 heterocycles. The van der Waals surface area contributed by atoms with Gasteiger partial charge in [-0.2, -0.15) is 0 Å². The van der Waals surface area contributed by atoms with Crippen LogP contribution < -0.4 is 5.73 Å². The Kier molecular flexibility index (Phi) is 4.59. The molecule has 0 radical (unpaired) electrons. The largest absolute Gasteiger partial charge is 0.464 e. The number of anilines is 1. The molecule has 116 valence electrons. The van der Waals surface area contributed by atoms with Crippen LogP contribution in [-0.4, -0.2) is 23.0 Å². The first-order valence-corrected chi connectivity index (χ1v) is 8.35. The number of nitrogens with zero attached hydrogens (tertiary/aromatic N) is 2. The third kappa shape index (κ3) is 3.35. The fourth-order valence-electron chi connectivity index (χ4n) is 2.00. The summed E-state index contributed by atoms with van der Waals surface area (Å²) >= 11 is 2.77. The topological polar surface area (TPSA) is 78.1 Å². The molecule has 1 aromatic carbocycles. The zero-order chi connectivity index (χ0) is 16.2. The number of benzene rings is 1. The van der Waals surface area contributed by atoms with Gasteiger partial charge >= 0.3 is 5.97 Å². The Morgan fingerprint density at radius 3 is 2.74 bits per heavy atom. The highest BCUT2D eigenvalue weighted by Crippen LogP contribution is 2.39. The summed E-state index contributed by atoms with van der Waals surface area (Å²) in [5.74, 6) is -0.507. The number of carbonyl (C=O) groups is 1. The van der Waals surface area contributed by atoms with Crippen LogP contribution in [0.3, 0.4) is 0 Å². The van der Waals surface area contributed by atoms with Gasteiger partial charge in [0.05, 0.1) is 12.0 Å². The Morgan fingerprint density at radius 2 is 2.00 bits per heavy atom. The molecule has 3 rings (SSSR count). The molecule has 0 unspecified atom stereocenters. The highest BCUT2D eigenvalue weighted by Gasteiger charge is 2.22. The van der Waals surface area contributed by atoms with Crippen LogP contribution in [0.25, 0.3) is 10.4 Å². The number of carbonyl (C=O) groups excluding carboxylic acids is 1. The predicted molar refractivity (Wildman–Crippen MR) is 91.7 cm³/mol. The lowest BCUT2D eigenvalue weighted by Gasteiger charge is -2.07. The number of nitrogen functional groups attached to an aromatic ring is 1. The van der Waals surface area contributed by atoms with Gasteiger partial charge in [-0.1, -0.05) is 41.3 Å². The molecule has 0 amide bonds. The number of nitrogens with two attached hydrogens (primary N) is 1. The summed E-state index contributed by atoms with van der Waals surface area (Å²) < 4.78 is 4.79. The third-order valence-electron chi connectivity index (χ3n) is 3.00. The number of thiazole rings is 1. The lowest BCUT2D eigenvalue weighted by atomic mass is 10.2. The van der Waals surface area contributed by atoms with Crippen molar-refractivity contribution in [2.24, 2.45) is 0 Å². The second kappa shape index (κ2) is 6.80. The van der Waals surface area contributed by atoms with Crippen molar-refractivity contribution in [3.63, 3.8) is 0 Å². The van der Waals surface area contributed by atoms with Gasteiger partial charge in [-0.15, -0.1) is 0 Å². The number of hydrogen-bond acceptors (Lipinski definition) is 7. The van der Waals surface area contributed by atoms with Crippen LogP contribution in [0.2, 0.25) is 0 Å². The highest BCUT2D eigenvalue weighted by molar-refractivity contribution is 7.99. The summed E-state index contributed by atoms with van der Waals surface area (Å²) in [6.07, 6.45) is 1.72. The predicted octanol–water partition coefficient (Wildman–Crippen LogP) is 3.73. The first-order chi connectivity index (χ1) is 11.2. The number of hydrogen-bond donors (Lipinski definition) is 1. The summed E-state index contributed by atoms with van der Waals surface area (Å²) in [4.78, 5) is 22.2. The fourth-order valence-corrected chi connectivity index (χ4v) is 3.82. The average Bonchev–Trinajstić information content (AvgIpc) is 2.97. The van der Waals surface area contributed by atoms with E-state index in [1.807, 2.05) is 42.5 Å². The maximum absolute atomic E-state index is 11.9. The molecule has 7 heteroatoms. The van der Waals surface area contributed by atoms with Crippen LogP contribution in [-0.2, 0) is 4.74 Å². The number of esters is 1. The van der Waals surface area contributed by atoms with Gasteiger partial charge in [0.25, 0.3) is 0 Å². The Labute approximate surface area is 141 Å². The molecule has 5 nitrogen and oxygen atoms in total. The molecular formula is C16H13N3O2S2. The van der Waals surface area contributed by atoms with E-state index >= 15 is 0 Å². The van der Waals surface area contributed by atoms with Crippen LogP contribution >= 0.6 is 23.1 Å². The van der Waals surface area contributed by atoms with E-state index in [4.69, 9.17) is 10.5 Å². The molecule has 0 aliphatic rings. The number of pyridine rings is 1. The third-order valence-corrected chi connectivity index (χ3v) is 4.94. The maximum atomic E-state index is 11.9. The first kappa shape index (κ1) is 15.5. The summed E-state index contributed by atoms with van der Waals surface area (Å²) in [6, 6.07) is 13.6. The molecule has 0 fully saturated rings. The van der Waals surface area contributed by atoms with Gasteiger partial charge in [0.15, 0.2) is 10.8 Å². The summed E-state index contributed by atoms with van der Waals surface area (Å²) in [6.45, 7) is 0. The average molecular weight is 343 g/mol. The Bertz CT molecular complexity index is 834. The Hall–Kier alpha value is -2.38. The molecule has 0 saturated heterocycles. The number of aromatic nitrogens is 2. The molecule has 0 bridgehead atoms. The second-order valence-electron chi connectivity index (χ2n) is 4.49. The van der Waals surface area contributed by atoms with Crippen molar-refractivity contribution in [1.29, 1.82) is 0 Å². The standard InChI is InChI=1S/C16H13N3O2S2/c1-21-15(20)12-13(23-16(17)19-12)11-8-5-9-18-14(11)22-10-6-3-2-4-7-10/h2-9H,1H3,(H2,17,19). The van der Waals surface area contributed by atoms with Gasteiger partial charge in [-0.3, -0.25) is 0 Å². The second-order valence-corrected chi connectivity index (χ2v) is 6.59. The molecule has 3 aromatic rings. The van der Waals surface area contributed by atoms with Gasteiger partial charge in [0.1, 0.15) is 5.03 Å². The molecule has 0 saturated carbocycles. The minimum atomic E-state index is -0.507. The molecule has 0 spiro atoms. The minimum absolute atomic E-state index is 0.220. The summed E-state index contributed by atoms with van der Waals surface area (Å²) in [7, 11) is 1.32. The lowest BCUT2D eigenvalue weighted by Crippen LogP contribution is -2.04. The van der Waals surface area contributed by atoms with Crippen LogP contribution in [0.4, 0.5) is 5.13 Å². The van der Waals surface area contributed by atoms with Gasteiger partial charge in [0, 0.05) is 16.7 Å². The molecule has 23 heavy (non-hydrogen) atoms. The number of ether oxygens (including phenoxy) is 1. The molecular weight excluding hydrogens is 330 g/mol. The Balaban J connectivity index is 2.06. The van der Waals surface area contributed by atoms with Crippen LogP contribution in [0.15, 0.2) is 58.6 Å². The molecule has 0 aliphatic heterocycles. The van der Waals surface area contributed by atoms with Crippen molar-refractivity contribution in [2.45, 2.75) is 9.92 Å². The van der Waals surface area contributed by atoms with Crippen molar-refractivity contribution in [1.82, 2.24) is 9.97 Å². The van der Waals surface area contributed by atoms with E-state index in [2.05, 4.69) is 9.97 Å². The Morgan fingerprint density at radius 1 is 1.22 bits per heavy atom. The van der Waals surface area contributed by atoms with E-state index in [-0.39, 0.29) is 5.69 Å². The van der Waals surface area contributed by atoms with Crippen LogP contribution in [0.5, 0.6) is 0 Å². The van der Waals surface area contributed by atoms with Gasteiger partial charge in [-0.05, 0) is 24.3 Å². The fraction of sp³-hybridized carbons (Fsp3) is 0.0625. The highest BCUT2D eigenvalue weighted by atomic mass is 32.2. The lowest BCUT2D eigenvalue weighted by molar-refractivity contribution is 0.0596. The van der Waals surface area contributed by atoms with E-state index < -0.39 is 5.97 Å². The van der Waals surface area contributed by atoms with Crippen LogP contribution in [0, 0.1) is 0 Å². The van der Waals surface area contributed by atoms with E-state index in [1.54, 1.807) is 6.20 Å². The molecule has 2 aromatic heterocycles. The zero-order valence-electron chi connectivity index (χ0n) is 12.2. The molecule has 0 atom stereocenters. The number of methoxy groups -OCH3 is 1. The van der Waals surface area contributed by atoms with Gasteiger partial charge < -0.3 is 10.5 Å². The van der Waals surface area contributed by atoms with Gasteiger partial charge in [-0.25, -0.2) is 14.8 Å². The van der Waals surface area contributed by atoms with Crippen molar-refractivity contribution >= 4 is 34.2 Å². The van der Waals surface area contributed by atoms with E-state index in [0.717, 1.165) is 15.5 Å². The minimum Gasteiger partial charge on any atom is -0.464 e. The van der Waals surface area contributed by atoms with Crippen molar-refractivity contribution < 1.29 is 9.53 Å². The van der Waals surface area contributed by atoms with Crippen molar-refractivity contribution in [3.8, 4) is 10.4 Å². The van der Waals surface area contributed by atoms with Gasteiger partial charge in [0.2, 0.25) is 0 Å². The molecule has 0 aliphatic carbocycles. The van der Waals surface area contributed by atoms with Crippen molar-refractivity contribution in [2.75, 3.05) is 12.8 Å². The molecule has 2 N–H and O–H groups in total. The summed E-state index contributed by atoms with van der Waals surface area (Å²) in [5.41, 5.74) is 6.82. The van der Waals surface area contributed by atoms with E-state index in [1.165, 1.54) is 30.2 Å². The first-order valence-electron chi connectivity index (χ1n) is 6.72. The smallest absolute Gasteiger partial charge is 0.358 e. The quantitative estimate of drug-likeness (QED) is 0.727. The van der Waals surface area contributed by atoms with Crippen LogP contribution in [0.1, 0.15) is 10.5 Å². The van der Waals surface area contributed by atoms with E-state index in [9.17, 15) is 4.79 Å². The summed E-state index contributed by atoms with van der Waals surface area (Å²) in [5, 5.41) is 1.10. The normalized spacial score (nSPS) is 10.5. The van der Waals surface area contributed by atoms with E-state index in [0.29, 0.717) is 10.0 Å². The number of rotatable bonds is 4. The monoisotopic (exact) mass is 343 g/mol.